The van der Waals surface area contributed by atoms with E-state index in [9.17, 15) is 4.79 Å². The lowest BCUT2D eigenvalue weighted by Gasteiger charge is -2.07. The van der Waals surface area contributed by atoms with Gasteiger partial charge in [0.2, 0.25) is 0 Å². The molecule has 3 heteroatoms. The Morgan fingerprint density at radius 1 is 1.15 bits per heavy atom. The van der Waals surface area contributed by atoms with E-state index < -0.39 is 0 Å². The van der Waals surface area contributed by atoms with Crippen molar-refractivity contribution >= 4 is 32.5 Å². The first-order chi connectivity index (χ1) is 9.65. The number of carbonyl (C=O) groups excluding carboxylic acids is 1. The van der Waals surface area contributed by atoms with Crippen LogP contribution in [-0.4, -0.2) is 10.8 Å². The van der Waals surface area contributed by atoms with E-state index in [2.05, 4.69) is 20.9 Å². The molecule has 2 nitrogen and oxygen atoms in total. The topological polar surface area (TPSA) is 30.0 Å². The number of nitrogens with zero attached hydrogens (tertiary/aromatic N) is 1. The van der Waals surface area contributed by atoms with Crippen molar-refractivity contribution in [2.45, 2.75) is 6.92 Å². The number of aryl methyl sites for hydroxylation is 1. The van der Waals surface area contributed by atoms with Crippen LogP contribution in [0.1, 0.15) is 21.5 Å². The average Bonchev–Trinajstić information content (AvgIpc) is 2.45. The smallest absolute Gasteiger partial charge is 0.193 e. The number of benzene rings is 2. The van der Waals surface area contributed by atoms with Crippen molar-refractivity contribution in [3.63, 3.8) is 0 Å². The van der Waals surface area contributed by atoms with E-state index in [-0.39, 0.29) is 5.78 Å². The molecule has 0 aliphatic carbocycles. The predicted molar refractivity (Wildman–Crippen MR) is 84.1 cm³/mol. The lowest BCUT2D eigenvalue weighted by Crippen LogP contribution is -2.03. The molecule has 0 aliphatic heterocycles. The van der Waals surface area contributed by atoms with Crippen molar-refractivity contribution in [3.8, 4) is 0 Å². The molecule has 20 heavy (non-hydrogen) atoms. The summed E-state index contributed by atoms with van der Waals surface area (Å²) in [5.74, 6) is 0.0213. The number of pyridine rings is 1. The molecule has 0 bridgehead atoms. The number of ketones is 1. The van der Waals surface area contributed by atoms with Gasteiger partial charge in [0.05, 0.1) is 0 Å². The molecule has 0 fully saturated rings. The Kier molecular flexibility index (Phi) is 3.36. The zero-order valence-electron chi connectivity index (χ0n) is 10.9. The Labute approximate surface area is 125 Å². The molecule has 1 aromatic heterocycles. The number of rotatable bonds is 2. The summed E-state index contributed by atoms with van der Waals surface area (Å²) in [6.07, 6.45) is 3.48. The summed E-state index contributed by atoms with van der Waals surface area (Å²) in [6.45, 7) is 1.98. The third-order valence-corrected chi connectivity index (χ3v) is 3.69. The largest absolute Gasteiger partial charge is 0.289 e. The fourth-order valence-corrected chi connectivity index (χ4v) is 2.94. The van der Waals surface area contributed by atoms with E-state index in [1.165, 1.54) is 0 Å². The van der Waals surface area contributed by atoms with Crippen molar-refractivity contribution in [2.75, 3.05) is 0 Å². The summed E-state index contributed by atoms with van der Waals surface area (Å²) >= 11 is 3.44. The van der Waals surface area contributed by atoms with E-state index in [1.54, 1.807) is 12.4 Å². The SMILES string of the molecule is Cc1cc(Br)cc(C(=O)c2cccc3ccncc23)c1. The van der Waals surface area contributed by atoms with E-state index in [1.807, 2.05) is 49.4 Å². The number of hydrogen-bond acceptors (Lipinski definition) is 2. The van der Waals surface area contributed by atoms with Crippen LogP contribution in [0.25, 0.3) is 10.8 Å². The van der Waals surface area contributed by atoms with E-state index in [0.29, 0.717) is 11.1 Å². The van der Waals surface area contributed by atoms with Crippen LogP contribution >= 0.6 is 15.9 Å². The first kappa shape index (κ1) is 13.0. The van der Waals surface area contributed by atoms with Gasteiger partial charge in [-0.3, -0.25) is 9.78 Å². The Bertz CT molecular complexity index is 785. The van der Waals surface area contributed by atoms with Crippen LogP contribution < -0.4 is 0 Å². The van der Waals surface area contributed by atoms with Crippen LogP contribution in [0.5, 0.6) is 0 Å². The second-order valence-corrected chi connectivity index (χ2v) is 5.66. The highest BCUT2D eigenvalue weighted by Crippen LogP contribution is 2.23. The lowest BCUT2D eigenvalue weighted by atomic mass is 9.97. The molecule has 0 atom stereocenters. The zero-order chi connectivity index (χ0) is 14.1. The summed E-state index contributed by atoms with van der Waals surface area (Å²) < 4.78 is 0.916. The quantitative estimate of drug-likeness (QED) is 0.647. The number of fused-ring (bicyclic) bond motifs is 1. The van der Waals surface area contributed by atoms with Crippen molar-refractivity contribution in [3.05, 3.63) is 76.0 Å². The van der Waals surface area contributed by atoms with Crippen LogP contribution in [0.15, 0.2) is 59.3 Å². The summed E-state index contributed by atoms with van der Waals surface area (Å²) in [5, 5.41) is 1.91. The molecule has 2 aromatic carbocycles. The minimum atomic E-state index is 0.0213. The van der Waals surface area contributed by atoms with Gasteiger partial charge < -0.3 is 0 Å². The third kappa shape index (κ3) is 2.37. The molecule has 0 aliphatic rings. The number of carbonyl (C=O) groups is 1. The fraction of sp³-hybridized carbons (Fsp3) is 0.0588. The highest BCUT2D eigenvalue weighted by molar-refractivity contribution is 9.10. The molecular weight excluding hydrogens is 314 g/mol. The van der Waals surface area contributed by atoms with Gasteiger partial charge in [0.15, 0.2) is 5.78 Å². The third-order valence-electron chi connectivity index (χ3n) is 3.23. The van der Waals surface area contributed by atoms with Crippen molar-refractivity contribution in [2.24, 2.45) is 0 Å². The van der Waals surface area contributed by atoms with E-state index in [4.69, 9.17) is 0 Å². The summed E-state index contributed by atoms with van der Waals surface area (Å²) in [7, 11) is 0. The molecular formula is C17H12BrNO. The second-order valence-electron chi connectivity index (χ2n) is 4.75. The lowest BCUT2D eigenvalue weighted by molar-refractivity contribution is 0.104. The minimum absolute atomic E-state index is 0.0213. The van der Waals surface area contributed by atoms with Gasteiger partial charge in [-0.2, -0.15) is 0 Å². The Morgan fingerprint density at radius 3 is 2.80 bits per heavy atom. The molecule has 0 saturated heterocycles. The summed E-state index contributed by atoms with van der Waals surface area (Å²) in [4.78, 5) is 16.8. The van der Waals surface area contributed by atoms with Gasteiger partial charge in [0.25, 0.3) is 0 Å². The molecule has 0 radical (unpaired) electrons. The van der Waals surface area contributed by atoms with Crippen molar-refractivity contribution in [1.82, 2.24) is 4.98 Å². The molecule has 1 heterocycles. The zero-order valence-corrected chi connectivity index (χ0v) is 12.5. The van der Waals surface area contributed by atoms with Gasteiger partial charge in [0, 0.05) is 33.4 Å². The average molecular weight is 326 g/mol. The Balaban J connectivity index is 2.17. The van der Waals surface area contributed by atoms with Crippen LogP contribution in [-0.2, 0) is 0 Å². The molecule has 0 unspecified atom stereocenters. The van der Waals surface area contributed by atoms with Crippen LogP contribution in [0.4, 0.5) is 0 Å². The standard InChI is InChI=1S/C17H12BrNO/c1-11-7-13(9-14(18)8-11)17(20)15-4-2-3-12-5-6-19-10-16(12)15/h2-10H,1H3. The van der Waals surface area contributed by atoms with Crippen LogP contribution in [0.3, 0.4) is 0 Å². The minimum Gasteiger partial charge on any atom is -0.289 e. The predicted octanol–water partition coefficient (Wildman–Crippen LogP) is 4.54. The van der Waals surface area contributed by atoms with Crippen molar-refractivity contribution in [1.29, 1.82) is 0 Å². The Hall–Kier alpha value is -2.00. The first-order valence-corrected chi connectivity index (χ1v) is 7.09. The number of hydrogen-bond donors (Lipinski definition) is 0. The number of halogens is 1. The van der Waals surface area contributed by atoms with Gasteiger partial charge in [-0.1, -0.05) is 34.1 Å². The van der Waals surface area contributed by atoms with Gasteiger partial charge in [-0.15, -0.1) is 0 Å². The van der Waals surface area contributed by atoms with Gasteiger partial charge in [-0.05, 0) is 42.1 Å². The molecule has 98 valence electrons. The van der Waals surface area contributed by atoms with E-state index in [0.717, 1.165) is 20.8 Å². The van der Waals surface area contributed by atoms with Crippen molar-refractivity contribution < 1.29 is 4.79 Å². The molecule has 0 N–H and O–H groups in total. The maximum absolute atomic E-state index is 12.7. The van der Waals surface area contributed by atoms with Gasteiger partial charge >= 0.3 is 0 Å². The highest BCUT2D eigenvalue weighted by Gasteiger charge is 2.13. The fourth-order valence-electron chi connectivity index (χ4n) is 2.33. The maximum atomic E-state index is 12.7. The molecule has 0 spiro atoms. The van der Waals surface area contributed by atoms with Crippen LogP contribution in [0.2, 0.25) is 0 Å². The van der Waals surface area contributed by atoms with E-state index >= 15 is 0 Å². The monoisotopic (exact) mass is 325 g/mol. The normalized spacial score (nSPS) is 10.7. The molecule has 0 amide bonds. The first-order valence-electron chi connectivity index (χ1n) is 6.30. The Morgan fingerprint density at radius 2 is 2.00 bits per heavy atom. The second kappa shape index (κ2) is 5.17. The molecule has 0 saturated carbocycles. The summed E-state index contributed by atoms with van der Waals surface area (Å²) in [5.41, 5.74) is 2.43. The molecule has 3 aromatic rings. The van der Waals surface area contributed by atoms with Crippen LogP contribution in [0, 0.1) is 6.92 Å². The van der Waals surface area contributed by atoms with Gasteiger partial charge in [0.1, 0.15) is 0 Å². The number of aromatic nitrogens is 1. The molecule has 3 rings (SSSR count). The highest BCUT2D eigenvalue weighted by atomic mass is 79.9. The van der Waals surface area contributed by atoms with Gasteiger partial charge in [-0.25, -0.2) is 0 Å². The maximum Gasteiger partial charge on any atom is 0.193 e. The summed E-state index contributed by atoms with van der Waals surface area (Å²) in [6, 6.07) is 13.4.